The first-order chi connectivity index (χ1) is 12.2. The summed E-state index contributed by atoms with van der Waals surface area (Å²) in [5.74, 6) is 1.29. The molecule has 0 spiro atoms. The molecule has 8 heteroatoms. The molecule has 0 bridgehead atoms. The van der Waals surface area contributed by atoms with Crippen molar-refractivity contribution in [2.45, 2.75) is 19.9 Å². The van der Waals surface area contributed by atoms with Gasteiger partial charge in [-0.2, -0.15) is 0 Å². The van der Waals surface area contributed by atoms with E-state index in [-0.39, 0.29) is 5.82 Å². The first-order valence-corrected chi connectivity index (χ1v) is 8.28. The molecule has 0 aliphatic rings. The van der Waals surface area contributed by atoms with Crippen LogP contribution < -0.4 is 10.6 Å². The third-order valence-corrected chi connectivity index (χ3v) is 3.94. The SMILES string of the molecule is CCNC(=NCc1nncn1C)NCCc1c[nH]c2ccc(F)cc12. The minimum Gasteiger partial charge on any atom is -0.361 e. The minimum absolute atomic E-state index is 0.222. The van der Waals surface area contributed by atoms with Gasteiger partial charge in [-0.1, -0.05) is 0 Å². The van der Waals surface area contributed by atoms with Crippen molar-refractivity contribution in [2.24, 2.45) is 12.0 Å². The van der Waals surface area contributed by atoms with Crippen LogP contribution in [0.2, 0.25) is 0 Å². The van der Waals surface area contributed by atoms with Crippen molar-refractivity contribution in [3.63, 3.8) is 0 Å². The lowest BCUT2D eigenvalue weighted by atomic mass is 10.1. The fraction of sp³-hybridized carbons (Fsp3) is 0.353. The number of guanidine groups is 1. The lowest BCUT2D eigenvalue weighted by Gasteiger charge is -2.11. The van der Waals surface area contributed by atoms with E-state index in [9.17, 15) is 4.39 Å². The van der Waals surface area contributed by atoms with E-state index >= 15 is 0 Å². The fourth-order valence-electron chi connectivity index (χ4n) is 2.61. The van der Waals surface area contributed by atoms with Crippen LogP contribution in [0.3, 0.4) is 0 Å². The number of H-pyrrole nitrogens is 1. The van der Waals surface area contributed by atoms with Gasteiger partial charge in [0.25, 0.3) is 0 Å². The van der Waals surface area contributed by atoms with Crippen molar-refractivity contribution >= 4 is 16.9 Å². The Kier molecular flexibility index (Phi) is 5.27. The van der Waals surface area contributed by atoms with Crippen molar-refractivity contribution in [1.82, 2.24) is 30.4 Å². The minimum atomic E-state index is -0.222. The molecule has 132 valence electrons. The topological polar surface area (TPSA) is 82.9 Å². The third kappa shape index (κ3) is 4.14. The smallest absolute Gasteiger partial charge is 0.191 e. The van der Waals surface area contributed by atoms with Gasteiger partial charge in [-0.15, -0.1) is 10.2 Å². The number of aliphatic imine (C=N–C) groups is 1. The van der Waals surface area contributed by atoms with Gasteiger partial charge in [0.1, 0.15) is 18.7 Å². The van der Waals surface area contributed by atoms with Gasteiger partial charge in [-0.25, -0.2) is 9.38 Å². The van der Waals surface area contributed by atoms with Crippen molar-refractivity contribution in [3.8, 4) is 0 Å². The average Bonchev–Trinajstić information content (AvgIpc) is 3.19. The van der Waals surface area contributed by atoms with Crippen LogP contribution in [-0.4, -0.2) is 38.8 Å². The molecule has 0 unspecified atom stereocenters. The molecule has 0 amide bonds. The molecule has 25 heavy (non-hydrogen) atoms. The molecule has 0 fully saturated rings. The fourth-order valence-corrected chi connectivity index (χ4v) is 2.61. The Hall–Kier alpha value is -2.90. The zero-order valence-corrected chi connectivity index (χ0v) is 14.4. The quantitative estimate of drug-likeness (QED) is 0.470. The molecule has 0 radical (unpaired) electrons. The Balaban J connectivity index is 1.61. The summed E-state index contributed by atoms with van der Waals surface area (Å²) in [6.07, 6.45) is 4.34. The lowest BCUT2D eigenvalue weighted by molar-refractivity contribution is 0.629. The highest BCUT2D eigenvalue weighted by molar-refractivity contribution is 5.83. The van der Waals surface area contributed by atoms with Crippen LogP contribution in [0.5, 0.6) is 0 Å². The van der Waals surface area contributed by atoms with Gasteiger partial charge in [-0.3, -0.25) is 0 Å². The van der Waals surface area contributed by atoms with Gasteiger partial charge in [0.15, 0.2) is 11.8 Å². The molecule has 1 aromatic carbocycles. The van der Waals surface area contributed by atoms with Crippen molar-refractivity contribution in [1.29, 1.82) is 0 Å². The number of nitrogens with zero attached hydrogens (tertiary/aromatic N) is 4. The predicted molar refractivity (Wildman–Crippen MR) is 95.8 cm³/mol. The number of fused-ring (bicyclic) bond motifs is 1. The molecule has 2 heterocycles. The number of aryl methyl sites for hydroxylation is 1. The second-order valence-corrected chi connectivity index (χ2v) is 5.73. The molecular formula is C17H22FN7. The Bertz CT molecular complexity index is 865. The van der Waals surface area contributed by atoms with E-state index in [1.54, 1.807) is 18.5 Å². The molecule has 2 aromatic heterocycles. The second kappa shape index (κ2) is 7.78. The van der Waals surface area contributed by atoms with Crippen molar-refractivity contribution in [3.05, 3.63) is 47.9 Å². The maximum absolute atomic E-state index is 13.4. The van der Waals surface area contributed by atoms with Gasteiger partial charge in [-0.05, 0) is 37.1 Å². The predicted octanol–water partition coefficient (Wildman–Crippen LogP) is 1.73. The first-order valence-electron chi connectivity index (χ1n) is 8.28. The largest absolute Gasteiger partial charge is 0.361 e. The molecule has 7 nitrogen and oxygen atoms in total. The molecule has 3 rings (SSSR count). The van der Waals surface area contributed by atoms with Gasteiger partial charge in [0.2, 0.25) is 0 Å². The van der Waals surface area contributed by atoms with Crippen LogP contribution in [0, 0.1) is 5.82 Å². The van der Waals surface area contributed by atoms with Crippen molar-refractivity contribution < 1.29 is 4.39 Å². The summed E-state index contributed by atoms with van der Waals surface area (Å²) in [4.78, 5) is 7.69. The maximum atomic E-state index is 13.4. The summed E-state index contributed by atoms with van der Waals surface area (Å²) in [6.45, 7) is 3.92. The van der Waals surface area contributed by atoms with Gasteiger partial charge >= 0.3 is 0 Å². The molecule has 0 saturated heterocycles. The number of benzene rings is 1. The Labute approximate surface area is 145 Å². The number of hydrogen-bond acceptors (Lipinski definition) is 3. The summed E-state index contributed by atoms with van der Waals surface area (Å²) >= 11 is 0. The van der Waals surface area contributed by atoms with E-state index in [0.717, 1.165) is 41.2 Å². The molecule has 0 saturated carbocycles. The molecule has 0 aliphatic carbocycles. The van der Waals surface area contributed by atoms with E-state index in [0.29, 0.717) is 13.1 Å². The van der Waals surface area contributed by atoms with Crippen LogP contribution >= 0.6 is 0 Å². The summed E-state index contributed by atoms with van der Waals surface area (Å²) in [7, 11) is 1.89. The van der Waals surface area contributed by atoms with E-state index in [4.69, 9.17) is 0 Å². The summed E-state index contributed by atoms with van der Waals surface area (Å²) in [5, 5.41) is 15.3. The lowest BCUT2D eigenvalue weighted by Crippen LogP contribution is -2.38. The summed E-state index contributed by atoms with van der Waals surface area (Å²) < 4.78 is 15.3. The average molecular weight is 343 g/mol. The number of aromatic nitrogens is 4. The monoisotopic (exact) mass is 343 g/mol. The van der Waals surface area contributed by atoms with Gasteiger partial charge in [0, 0.05) is 37.2 Å². The van der Waals surface area contributed by atoms with Crippen LogP contribution in [0.1, 0.15) is 18.3 Å². The Morgan fingerprint density at radius 3 is 3.00 bits per heavy atom. The Morgan fingerprint density at radius 1 is 1.36 bits per heavy atom. The highest BCUT2D eigenvalue weighted by atomic mass is 19.1. The van der Waals surface area contributed by atoms with E-state index in [1.165, 1.54) is 6.07 Å². The normalized spacial score (nSPS) is 11.9. The standard InChI is InChI=1S/C17H22FN7/c1-3-19-17(22-10-16-24-23-11-25(16)2)20-7-6-12-9-21-15-5-4-13(18)8-14(12)15/h4-5,8-9,11,21H,3,6-7,10H2,1-2H3,(H2,19,20,22). The zero-order valence-electron chi connectivity index (χ0n) is 14.4. The first kappa shape index (κ1) is 16.9. The van der Waals surface area contributed by atoms with E-state index in [1.807, 2.05) is 24.7 Å². The van der Waals surface area contributed by atoms with E-state index < -0.39 is 0 Å². The molecule has 3 aromatic rings. The maximum Gasteiger partial charge on any atom is 0.191 e. The van der Waals surface area contributed by atoms with Gasteiger partial charge in [0.05, 0.1) is 0 Å². The third-order valence-electron chi connectivity index (χ3n) is 3.94. The summed E-state index contributed by atoms with van der Waals surface area (Å²) in [5.41, 5.74) is 2.02. The van der Waals surface area contributed by atoms with Crippen molar-refractivity contribution in [2.75, 3.05) is 13.1 Å². The van der Waals surface area contributed by atoms with E-state index in [2.05, 4.69) is 30.8 Å². The van der Waals surface area contributed by atoms with Crippen LogP contribution in [0.4, 0.5) is 4.39 Å². The Morgan fingerprint density at radius 2 is 2.24 bits per heavy atom. The second-order valence-electron chi connectivity index (χ2n) is 5.73. The molecule has 0 atom stereocenters. The molecule has 0 aliphatic heterocycles. The van der Waals surface area contributed by atoms with Crippen LogP contribution in [0.15, 0.2) is 35.7 Å². The van der Waals surface area contributed by atoms with Crippen LogP contribution in [0.25, 0.3) is 10.9 Å². The van der Waals surface area contributed by atoms with Gasteiger partial charge < -0.3 is 20.2 Å². The summed E-state index contributed by atoms with van der Waals surface area (Å²) in [6, 6.07) is 4.78. The highest BCUT2D eigenvalue weighted by Gasteiger charge is 2.06. The number of rotatable bonds is 6. The number of hydrogen-bond donors (Lipinski definition) is 3. The molecular weight excluding hydrogens is 321 g/mol. The zero-order chi connectivity index (χ0) is 17.6. The molecule has 3 N–H and O–H groups in total. The van der Waals surface area contributed by atoms with Crippen LogP contribution in [-0.2, 0) is 20.0 Å². The number of nitrogens with one attached hydrogen (secondary N) is 3. The number of halogens is 1. The number of aromatic amines is 1. The highest BCUT2D eigenvalue weighted by Crippen LogP contribution is 2.19.